The summed E-state index contributed by atoms with van der Waals surface area (Å²) in [5.41, 5.74) is 1.81. The number of carbonyl (C=O) groups is 2. The van der Waals surface area contributed by atoms with E-state index in [1.165, 1.54) is 13.1 Å². The first kappa shape index (κ1) is 21.6. The molecule has 0 radical (unpaired) electrons. The fourth-order valence-corrected chi connectivity index (χ4v) is 4.09. The topological polar surface area (TPSA) is 113 Å². The van der Waals surface area contributed by atoms with Gasteiger partial charge in [0.25, 0.3) is 5.91 Å². The van der Waals surface area contributed by atoms with Crippen molar-refractivity contribution in [1.29, 1.82) is 0 Å². The van der Waals surface area contributed by atoms with Gasteiger partial charge in [0.1, 0.15) is 5.69 Å². The van der Waals surface area contributed by atoms with Crippen LogP contribution in [0.25, 0.3) is 11.3 Å². The van der Waals surface area contributed by atoms with Gasteiger partial charge in [-0.05, 0) is 31.1 Å². The molecular formula is C20H25N5O4S. The Hall–Kier alpha value is -3.14. The summed E-state index contributed by atoms with van der Waals surface area (Å²) in [6.45, 7) is 4.69. The third-order valence-corrected chi connectivity index (χ3v) is 5.51. The second-order valence-corrected chi connectivity index (χ2v) is 8.94. The van der Waals surface area contributed by atoms with Crippen LogP contribution in [-0.4, -0.2) is 61.3 Å². The van der Waals surface area contributed by atoms with Crippen molar-refractivity contribution in [2.24, 2.45) is 0 Å². The summed E-state index contributed by atoms with van der Waals surface area (Å²) in [7, 11) is -1.90. The van der Waals surface area contributed by atoms with Crippen LogP contribution in [0.1, 0.15) is 29.2 Å². The highest BCUT2D eigenvalue weighted by atomic mass is 32.2. The van der Waals surface area contributed by atoms with Crippen LogP contribution in [0.3, 0.4) is 0 Å². The molecule has 9 nitrogen and oxygen atoms in total. The van der Waals surface area contributed by atoms with E-state index in [-0.39, 0.29) is 17.9 Å². The Bertz CT molecular complexity index is 1080. The van der Waals surface area contributed by atoms with Crippen LogP contribution in [0.2, 0.25) is 0 Å². The number of sulfonamides is 1. The SMILES string of the molecule is C=CC(=O)N1CCCC(n2cc(C(=O)NC)c(-c3cccc(NS(C)(=O)=O)c3)n2)C1. The van der Waals surface area contributed by atoms with Crippen molar-refractivity contribution in [3.63, 3.8) is 0 Å². The Labute approximate surface area is 175 Å². The molecular weight excluding hydrogens is 406 g/mol. The van der Waals surface area contributed by atoms with Crippen molar-refractivity contribution in [1.82, 2.24) is 20.0 Å². The van der Waals surface area contributed by atoms with Gasteiger partial charge in [0.15, 0.2) is 0 Å². The minimum absolute atomic E-state index is 0.0721. The number of carbonyl (C=O) groups excluding carboxylic acids is 2. The number of amides is 2. The van der Waals surface area contributed by atoms with Crippen LogP contribution in [0.5, 0.6) is 0 Å². The summed E-state index contributed by atoms with van der Waals surface area (Å²) in [4.78, 5) is 26.2. The minimum Gasteiger partial charge on any atom is -0.355 e. The molecule has 3 rings (SSSR count). The Kier molecular flexibility index (Phi) is 6.25. The summed E-state index contributed by atoms with van der Waals surface area (Å²) in [5.74, 6) is -0.425. The zero-order valence-electron chi connectivity index (χ0n) is 17.0. The molecule has 2 heterocycles. The monoisotopic (exact) mass is 431 g/mol. The third-order valence-electron chi connectivity index (χ3n) is 4.90. The molecule has 0 bridgehead atoms. The van der Waals surface area contributed by atoms with Gasteiger partial charge < -0.3 is 10.2 Å². The normalized spacial score (nSPS) is 16.7. The molecule has 1 unspecified atom stereocenters. The van der Waals surface area contributed by atoms with Crippen LogP contribution < -0.4 is 10.0 Å². The quantitative estimate of drug-likeness (QED) is 0.675. The van der Waals surface area contributed by atoms with Crippen LogP contribution in [0.4, 0.5) is 5.69 Å². The number of benzene rings is 1. The Morgan fingerprint density at radius 2 is 2.10 bits per heavy atom. The maximum Gasteiger partial charge on any atom is 0.254 e. The molecule has 1 fully saturated rings. The standard InChI is InChI=1S/C20H25N5O4S/c1-4-18(26)24-10-6-9-16(12-24)25-13-17(20(27)21-2)19(22-25)14-7-5-8-15(11-14)23-30(3,28)29/h4-5,7-8,11,13,16,23H,1,6,9-10,12H2,2-3H3,(H,21,27). The molecule has 1 aromatic heterocycles. The second-order valence-electron chi connectivity index (χ2n) is 7.19. The highest BCUT2D eigenvalue weighted by Gasteiger charge is 2.26. The molecule has 1 aromatic carbocycles. The van der Waals surface area contributed by atoms with Crippen LogP contribution in [0, 0.1) is 0 Å². The molecule has 10 heteroatoms. The number of nitrogens with one attached hydrogen (secondary N) is 2. The molecule has 1 aliphatic heterocycles. The van der Waals surface area contributed by atoms with E-state index in [0.717, 1.165) is 19.1 Å². The van der Waals surface area contributed by atoms with Gasteiger partial charge >= 0.3 is 0 Å². The van der Waals surface area contributed by atoms with Gasteiger partial charge in [-0.3, -0.25) is 19.0 Å². The zero-order valence-corrected chi connectivity index (χ0v) is 17.8. The number of piperidine rings is 1. The van der Waals surface area contributed by atoms with Gasteiger partial charge in [-0.15, -0.1) is 0 Å². The van der Waals surface area contributed by atoms with E-state index < -0.39 is 10.0 Å². The molecule has 2 aromatic rings. The van der Waals surface area contributed by atoms with E-state index in [1.54, 1.807) is 40.0 Å². The summed E-state index contributed by atoms with van der Waals surface area (Å²) in [6.07, 6.45) is 5.70. The first-order chi connectivity index (χ1) is 14.2. The van der Waals surface area contributed by atoms with Crippen molar-refractivity contribution < 1.29 is 18.0 Å². The van der Waals surface area contributed by atoms with Crippen molar-refractivity contribution >= 4 is 27.5 Å². The Balaban J connectivity index is 1.98. The van der Waals surface area contributed by atoms with E-state index in [4.69, 9.17) is 0 Å². The van der Waals surface area contributed by atoms with Crippen LogP contribution in [-0.2, 0) is 14.8 Å². The van der Waals surface area contributed by atoms with E-state index in [2.05, 4.69) is 21.7 Å². The van der Waals surface area contributed by atoms with Crippen molar-refractivity contribution in [3.8, 4) is 11.3 Å². The number of hydrogen-bond acceptors (Lipinski definition) is 5. The van der Waals surface area contributed by atoms with Gasteiger partial charge in [-0.1, -0.05) is 18.7 Å². The molecule has 2 N–H and O–H groups in total. The van der Waals surface area contributed by atoms with E-state index in [1.807, 2.05) is 0 Å². The maximum absolute atomic E-state index is 12.5. The maximum atomic E-state index is 12.5. The van der Waals surface area contributed by atoms with Gasteiger partial charge in [-0.2, -0.15) is 5.10 Å². The molecule has 0 aliphatic carbocycles. The molecule has 30 heavy (non-hydrogen) atoms. The van der Waals surface area contributed by atoms with Gasteiger partial charge in [0.2, 0.25) is 15.9 Å². The summed E-state index contributed by atoms with van der Waals surface area (Å²) in [5, 5.41) is 7.26. The van der Waals surface area contributed by atoms with Crippen molar-refractivity contribution in [3.05, 3.63) is 48.7 Å². The molecule has 1 aliphatic rings. The first-order valence-corrected chi connectivity index (χ1v) is 11.4. The summed E-state index contributed by atoms with van der Waals surface area (Å²) < 4.78 is 27.3. The van der Waals surface area contributed by atoms with E-state index in [0.29, 0.717) is 35.6 Å². The highest BCUT2D eigenvalue weighted by molar-refractivity contribution is 7.92. The molecule has 1 saturated heterocycles. The lowest BCUT2D eigenvalue weighted by Gasteiger charge is -2.32. The van der Waals surface area contributed by atoms with Crippen LogP contribution in [0.15, 0.2) is 43.1 Å². The molecule has 0 spiro atoms. The van der Waals surface area contributed by atoms with Crippen LogP contribution >= 0.6 is 0 Å². The lowest BCUT2D eigenvalue weighted by Crippen LogP contribution is -2.40. The Morgan fingerprint density at radius 3 is 2.77 bits per heavy atom. The van der Waals surface area contributed by atoms with Gasteiger partial charge in [0, 0.05) is 37.6 Å². The lowest BCUT2D eigenvalue weighted by atomic mass is 10.1. The smallest absolute Gasteiger partial charge is 0.254 e. The number of aromatic nitrogens is 2. The molecule has 1 atom stereocenters. The molecule has 2 amide bonds. The van der Waals surface area contributed by atoms with Crippen molar-refractivity contribution in [2.45, 2.75) is 18.9 Å². The number of anilines is 1. The highest BCUT2D eigenvalue weighted by Crippen LogP contribution is 2.29. The fourth-order valence-electron chi connectivity index (χ4n) is 3.54. The summed E-state index contributed by atoms with van der Waals surface area (Å²) in [6, 6.07) is 6.65. The number of rotatable bonds is 6. The van der Waals surface area contributed by atoms with E-state index >= 15 is 0 Å². The molecule has 0 saturated carbocycles. The lowest BCUT2D eigenvalue weighted by molar-refractivity contribution is -0.127. The van der Waals surface area contributed by atoms with Crippen molar-refractivity contribution in [2.75, 3.05) is 31.1 Å². The summed E-state index contributed by atoms with van der Waals surface area (Å²) >= 11 is 0. The number of hydrogen-bond donors (Lipinski definition) is 2. The largest absolute Gasteiger partial charge is 0.355 e. The molecule has 160 valence electrons. The van der Waals surface area contributed by atoms with Gasteiger partial charge in [-0.25, -0.2) is 8.42 Å². The number of likely N-dealkylation sites (tertiary alicyclic amines) is 1. The predicted octanol–water partition coefficient (Wildman–Crippen LogP) is 1.63. The minimum atomic E-state index is -3.44. The average Bonchev–Trinajstić information content (AvgIpc) is 3.17. The van der Waals surface area contributed by atoms with E-state index in [9.17, 15) is 18.0 Å². The Morgan fingerprint density at radius 1 is 1.33 bits per heavy atom. The van der Waals surface area contributed by atoms with Gasteiger partial charge in [0.05, 0.1) is 17.9 Å². The average molecular weight is 432 g/mol. The third kappa shape index (κ3) is 4.88. The zero-order chi connectivity index (χ0) is 21.9. The predicted molar refractivity (Wildman–Crippen MR) is 115 cm³/mol. The fraction of sp³-hybridized carbons (Fsp3) is 0.350. The number of nitrogens with zero attached hydrogens (tertiary/aromatic N) is 3. The first-order valence-electron chi connectivity index (χ1n) is 9.52. The second kappa shape index (κ2) is 8.70.